The molecule has 4 aromatic heterocycles. The molecule has 62 heavy (non-hydrogen) atoms. The minimum atomic E-state index is -0.848. The Hall–Kier alpha value is -7.36. The van der Waals surface area contributed by atoms with Crippen LogP contribution in [0.3, 0.4) is 0 Å². The van der Waals surface area contributed by atoms with Crippen molar-refractivity contribution in [2.45, 2.75) is 0 Å². The standard InChI is InChI=1S/C54H36N4O2P2/c59-53(57-49-27-25-43(33-45(49)47-35-55-31-29-51(47)57)61(39-13-5-1-6-14-39)40-15-7-2-8-16-40)37-21-23-38(24-22-37)54(60)58-50-28-26-44(34-46(50)48-36-56-32-30-52(48)58)62(41-17-9-3-10-18-41)42-19-11-4-12-20-42/h1-36H. The van der Waals surface area contributed by atoms with E-state index >= 15 is 0 Å². The lowest BCUT2D eigenvalue weighted by molar-refractivity contribution is 0.0957. The van der Waals surface area contributed by atoms with E-state index in [-0.39, 0.29) is 11.8 Å². The second kappa shape index (κ2) is 15.9. The molecule has 6 nitrogen and oxygen atoms in total. The fourth-order valence-electron chi connectivity index (χ4n) is 8.64. The highest BCUT2D eigenvalue weighted by Crippen LogP contribution is 2.38. The number of carbonyl (C=O) groups excluding carboxylic acids is 2. The van der Waals surface area contributed by atoms with Gasteiger partial charge in [-0.1, -0.05) is 133 Å². The zero-order valence-electron chi connectivity index (χ0n) is 33.3. The van der Waals surface area contributed by atoms with Crippen molar-refractivity contribution >= 4 is 103 Å². The van der Waals surface area contributed by atoms with Crippen LogP contribution in [-0.2, 0) is 0 Å². The van der Waals surface area contributed by atoms with E-state index in [0.29, 0.717) is 11.1 Å². The Bertz CT molecular complexity index is 3130. The molecule has 294 valence electrons. The number of pyridine rings is 2. The molecule has 0 aliphatic heterocycles. The lowest BCUT2D eigenvalue weighted by Crippen LogP contribution is -2.20. The van der Waals surface area contributed by atoms with Gasteiger partial charge in [0.15, 0.2) is 0 Å². The molecule has 0 amide bonds. The molecular formula is C54H36N4O2P2. The highest BCUT2D eigenvalue weighted by atomic mass is 31.1. The van der Waals surface area contributed by atoms with Gasteiger partial charge in [-0.2, -0.15) is 0 Å². The van der Waals surface area contributed by atoms with Crippen LogP contribution in [0.2, 0.25) is 0 Å². The Kier molecular flexibility index (Phi) is 9.66. The molecule has 0 radical (unpaired) electrons. The molecule has 0 N–H and O–H groups in total. The lowest BCUT2D eigenvalue weighted by atomic mass is 10.1. The Balaban J connectivity index is 0.957. The molecule has 0 saturated carbocycles. The molecule has 0 atom stereocenters. The van der Waals surface area contributed by atoms with Crippen LogP contribution in [-0.4, -0.2) is 30.9 Å². The molecule has 8 heteroatoms. The molecule has 0 unspecified atom stereocenters. The summed E-state index contributed by atoms with van der Waals surface area (Å²) in [4.78, 5) is 38.2. The van der Waals surface area contributed by atoms with E-state index in [4.69, 9.17) is 0 Å². The molecule has 0 bridgehead atoms. The van der Waals surface area contributed by atoms with Gasteiger partial charge in [-0.3, -0.25) is 28.7 Å². The van der Waals surface area contributed by atoms with Gasteiger partial charge in [-0.25, -0.2) is 0 Å². The van der Waals surface area contributed by atoms with Crippen LogP contribution in [0.25, 0.3) is 43.6 Å². The third kappa shape index (κ3) is 6.53. The predicted molar refractivity (Wildman–Crippen MR) is 258 cm³/mol. The van der Waals surface area contributed by atoms with Crippen molar-refractivity contribution in [3.8, 4) is 0 Å². The number of rotatable bonds is 8. The number of nitrogens with zero attached hydrogens (tertiary/aromatic N) is 4. The maximum atomic E-state index is 14.6. The fraction of sp³-hybridized carbons (Fsp3) is 0. The number of carbonyl (C=O) groups is 2. The van der Waals surface area contributed by atoms with Gasteiger partial charge >= 0.3 is 0 Å². The van der Waals surface area contributed by atoms with Crippen LogP contribution >= 0.6 is 15.8 Å². The van der Waals surface area contributed by atoms with E-state index in [2.05, 4.69) is 143 Å². The third-order valence-corrected chi connectivity index (χ3v) is 16.3. The van der Waals surface area contributed by atoms with Crippen LogP contribution in [0.4, 0.5) is 0 Å². The van der Waals surface area contributed by atoms with Crippen molar-refractivity contribution in [2.24, 2.45) is 0 Å². The van der Waals surface area contributed by atoms with Gasteiger partial charge < -0.3 is 0 Å². The Morgan fingerprint density at radius 3 is 1.00 bits per heavy atom. The minimum absolute atomic E-state index is 0.180. The van der Waals surface area contributed by atoms with Crippen molar-refractivity contribution in [1.82, 2.24) is 19.1 Å². The molecule has 7 aromatic carbocycles. The molecular weight excluding hydrogens is 799 g/mol. The SMILES string of the molecule is O=C(c1ccc(C(=O)n2c3ccncc3c3cc(P(c4ccccc4)c4ccccc4)ccc32)cc1)n1c2ccncc2c2cc(P(c3ccccc3)c3ccccc3)ccc21. The molecule has 0 fully saturated rings. The highest BCUT2D eigenvalue weighted by molar-refractivity contribution is 7.80. The third-order valence-electron chi connectivity index (χ3n) is 11.5. The smallest absolute Gasteiger partial charge is 0.262 e. The largest absolute Gasteiger partial charge is 0.276 e. The summed E-state index contributed by atoms with van der Waals surface area (Å²) >= 11 is 0. The summed E-state index contributed by atoms with van der Waals surface area (Å²) in [6.07, 6.45) is 7.14. The van der Waals surface area contributed by atoms with Gasteiger partial charge in [-0.15, -0.1) is 0 Å². The van der Waals surface area contributed by atoms with Crippen molar-refractivity contribution in [1.29, 1.82) is 0 Å². The monoisotopic (exact) mass is 834 g/mol. The Morgan fingerprint density at radius 1 is 0.339 bits per heavy atom. The highest BCUT2D eigenvalue weighted by Gasteiger charge is 2.24. The van der Waals surface area contributed by atoms with Crippen LogP contribution in [0, 0.1) is 0 Å². The maximum Gasteiger partial charge on any atom is 0.262 e. The zero-order valence-corrected chi connectivity index (χ0v) is 35.1. The van der Waals surface area contributed by atoms with E-state index < -0.39 is 15.8 Å². The van der Waals surface area contributed by atoms with Gasteiger partial charge in [-0.05, 0) is 108 Å². The van der Waals surface area contributed by atoms with E-state index in [1.54, 1.807) is 45.8 Å². The number of hydrogen-bond acceptors (Lipinski definition) is 4. The summed E-state index contributed by atoms with van der Waals surface area (Å²) in [5.41, 5.74) is 4.12. The Morgan fingerprint density at radius 2 is 0.661 bits per heavy atom. The minimum Gasteiger partial charge on any atom is -0.276 e. The van der Waals surface area contributed by atoms with Crippen LogP contribution in [0.15, 0.2) is 219 Å². The summed E-state index contributed by atoms with van der Waals surface area (Å²) < 4.78 is 3.55. The number of aromatic nitrogens is 4. The predicted octanol–water partition coefficient (Wildman–Crippen LogP) is 9.59. The van der Waals surface area contributed by atoms with Gasteiger partial charge in [0.05, 0.1) is 22.1 Å². The summed E-state index contributed by atoms with van der Waals surface area (Å²) in [7, 11) is -1.70. The average Bonchev–Trinajstić information content (AvgIpc) is 3.85. The summed E-state index contributed by atoms with van der Waals surface area (Å²) in [5.74, 6) is -0.361. The summed E-state index contributed by atoms with van der Waals surface area (Å²) in [5, 5.41) is 11.1. The van der Waals surface area contributed by atoms with Gasteiger partial charge in [0.1, 0.15) is 0 Å². The van der Waals surface area contributed by atoms with E-state index in [0.717, 1.165) is 43.6 Å². The van der Waals surface area contributed by atoms with Crippen molar-refractivity contribution < 1.29 is 9.59 Å². The van der Waals surface area contributed by atoms with Gasteiger partial charge in [0, 0.05) is 57.5 Å². The zero-order chi connectivity index (χ0) is 41.6. The normalized spacial score (nSPS) is 11.6. The first-order valence-corrected chi connectivity index (χ1v) is 23.1. The first kappa shape index (κ1) is 37.6. The first-order valence-electron chi connectivity index (χ1n) is 20.4. The van der Waals surface area contributed by atoms with Crippen LogP contribution in [0.1, 0.15) is 20.7 Å². The van der Waals surface area contributed by atoms with Crippen molar-refractivity contribution in [3.05, 3.63) is 230 Å². The van der Waals surface area contributed by atoms with E-state index in [9.17, 15) is 9.59 Å². The lowest BCUT2D eigenvalue weighted by Gasteiger charge is -2.19. The number of hydrogen-bond donors (Lipinski definition) is 0. The summed E-state index contributed by atoms with van der Waals surface area (Å²) in [6, 6.07) is 66.1. The molecule has 4 heterocycles. The van der Waals surface area contributed by atoms with E-state index in [1.807, 2.05) is 48.8 Å². The van der Waals surface area contributed by atoms with Gasteiger partial charge in [0.2, 0.25) is 0 Å². The number of fused-ring (bicyclic) bond motifs is 6. The van der Waals surface area contributed by atoms with E-state index in [1.165, 1.54) is 31.8 Å². The molecule has 11 rings (SSSR count). The topological polar surface area (TPSA) is 69.8 Å². The average molecular weight is 835 g/mol. The van der Waals surface area contributed by atoms with Crippen molar-refractivity contribution in [3.63, 3.8) is 0 Å². The maximum absolute atomic E-state index is 14.6. The Labute approximate surface area is 360 Å². The molecule has 0 spiro atoms. The fourth-order valence-corrected chi connectivity index (χ4v) is 13.3. The second-order valence-electron chi connectivity index (χ2n) is 15.1. The van der Waals surface area contributed by atoms with Crippen LogP contribution in [0.5, 0.6) is 0 Å². The first-order chi connectivity index (χ1) is 30.6. The molecule has 0 aliphatic rings. The van der Waals surface area contributed by atoms with Crippen LogP contribution < -0.4 is 31.8 Å². The number of benzene rings is 7. The molecule has 11 aromatic rings. The summed E-state index contributed by atoms with van der Waals surface area (Å²) in [6.45, 7) is 0. The van der Waals surface area contributed by atoms with Crippen molar-refractivity contribution in [2.75, 3.05) is 0 Å². The quantitative estimate of drug-likeness (QED) is 0.143. The molecule has 0 saturated heterocycles. The van der Waals surface area contributed by atoms with Gasteiger partial charge in [0.25, 0.3) is 11.8 Å². The second-order valence-corrected chi connectivity index (χ2v) is 19.5. The molecule has 0 aliphatic carbocycles.